The van der Waals surface area contributed by atoms with Gasteiger partial charge in [0.1, 0.15) is 0 Å². The molecule has 0 aliphatic heterocycles. The van der Waals surface area contributed by atoms with Gasteiger partial charge in [-0.3, -0.25) is 9.78 Å². The first kappa shape index (κ1) is 14.0. The molecule has 0 saturated carbocycles. The maximum absolute atomic E-state index is 12.0. The smallest absolute Gasteiger partial charge is 0.230 e. The van der Waals surface area contributed by atoms with Crippen LogP contribution in [0, 0.1) is 17.4 Å². The first-order valence-electron chi connectivity index (χ1n) is 6.03. The number of rotatable bonds is 3. The fourth-order valence-electron chi connectivity index (χ4n) is 1.73. The summed E-state index contributed by atoms with van der Waals surface area (Å²) in [5.41, 5.74) is 3.89. The number of benzene rings is 1. The maximum atomic E-state index is 12.0. The Balaban J connectivity index is 2.05. The van der Waals surface area contributed by atoms with Crippen molar-refractivity contribution < 1.29 is 4.79 Å². The lowest BCUT2D eigenvalue weighted by molar-refractivity contribution is -0.115. The highest BCUT2D eigenvalue weighted by Gasteiger charge is 2.07. The maximum Gasteiger partial charge on any atom is 0.230 e. The molecule has 0 unspecified atom stereocenters. The Hall–Kier alpha value is -1.43. The third-order valence-electron chi connectivity index (χ3n) is 2.90. The Labute approximate surface area is 126 Å². The van der Waals surface area contributed by atoms with Gasteiger partial charge in [0.25, 0.3) is 0 Å². The lowest BCUT2D eigenvalue weighted by atomic mass is 10.1. The van der Waals surface area contributed by atoms with E-state index >= 15 is 0 Å². The van der Waals surface area contributed by atoms with E-state index in [0.29, 0.717) is 6.42 Å². The van der Waals surface area contributed by atoms with Crippen molar-refractivity contribution in [2.45, 2.75) is 20.3 Å². The number of carbonyl (C=O) groups excluding carboxylic acids is 1. The van der Waals surface area contributed by atoms with Gasteiger partial charge < -0.3 is 5.32 Å². The molecule has 3 nitrogen and oxygen atoms in total. The predicted molar refractivity (Wildman–Crippen MR) is 85.2 cm³/mol. The molecule has 0 spiro atoms. The summed E-state index contributed by atoms with van der Waals surface area (Å²) < 4.78 is 1.14. The van der Waals surface area contributed by atoms with Crippen LogP contribution in [0.25, 0.3) is 0 Å². The van der Waals surface area contributed by atoms with Gasteiger partial charge in [-0.2, -0.15) is 0 Å². The number of amides is 1. The molecule has 1 aromatic carbocycles. The number of aromatic nitrogens is 1. The predicted octanol–water partition coefficient (Wildman–Crippen LogP) is 3.48. The minimum atomic E-state index is -0.0403. The molecular weight excluding hydrogens is 351 g/mol. The van der Waals surface area contributed by atoms with E-state index in [2.05, 4.69) is 32.9 Å². The van der Waals surface area contributed by atoms with E-state index in [1.54, 1.807) is 6.20 Å². The van der Waals surface area contributed by atoms with Crippen LogP contribution in [-0.2, 0) is 11.2 Å². The van der Waals surface area contributed by atoms with E-state index in [1.165, 1.54) is 5.56 Å². The van der Waals surface area contributed by atoms with Crippen molar-refractivity contribution in [3.05, 3.63) is 56.9 Å². The second kappa shape index (κ2) is 6.14. The van der Waals surface area contributed by atoms with Crippen LogP contribution in [-0.4, -0.2) is 10.9 Å². The normalized spacial score (nSPS) is 10.3. The number of carbonyl (C=O) groups is 1. The number of halogens is 1. The van der Waals surface area contributed by atoms with E-state index in [4.69, 9.17) is 0 Å². The minimum absolute atomic E-state index is 0.0403. The van der Waals surface area contributed by atoms with Crippen molar-refractivity contribution in [2.24, 2.45) is 0 Å². The van der Waals surface area contributed by atoms with Gasteiger partial charge in [-0.05, 0) is 65.8 Å². The average Bonchev–Trinajstić information content (AvgIpc) is 2.37. The Morgan fingerprint density at radius 1 is 1.26 bits per heavy atom. The molecule has 0 saturated heterocycles. The van der Waals surface area contributed by atoms with Crippen LogP contribution < -0.4 is 5.32 Å². The summed E-state index contributed by atoms with van der Waals surface area (Å²) in [4.78, 5) is 16.2. The van der Waals surface area contributed by atoms with E-state index in [-0.39, 0.29) is 5.91 Å². The minimum Gasteiger partial charge on any atom is -0.326 e. The van der Waals surface area contributed by atoms with Gasteiger partial charge in [-0.15, -0.1) is 0 Å². The summed E-state index contributed by atoms with van der Waals surface area (Å²) in [5, 5.41) is 2.90. The number of hydrogen-bond acceptors (Lipinski definition) is 2. The van der Waals surface area contributed by atoms with Crippen LogP contribution in [0.4, 0.5) is 5.69 Å². The van der Waals surface area contributed by atoms with Crippen molar-refractivity contribution in [3.8, 4) is 0 Å². The van der Waals surface area contributed by atoms with Crippen LogP contribution >= 0.6 is 22.6 Å². The highest BCUT2D eigenvalue weighted by molar-refractivity contribution is 14.1. The van der Waals surface area contributed by atoms with Gasteiger partial charge in [0, 0.05) is 15.5 Å². The van der Waals surface area contributed by atoms with Gasteiger partial charge in [0.15, 0.2) is 0 Å². The van der Waals surface area contributed by atoms with Gasteiger partial charge >= 0.3 is 0 Å². The molecule has 0 aliphatic carbocycles. The molecule has 2 rings (SSSR count). The largest absolute Gasteiger partial charge is 0.326 e. The van der Waals surface area contributed by atoms with Gasteiger partial charge in [0.05, 0.1) is 12.1 Å². The highest BCUT2D eigenvalue weighted by atomic mass is 127. The fraction of sp³-hybridized carbons (Fsp3) is 0.200. The molecule has 98 valence electrons. The summed E-state index contributed by atoms with van der Waals surface area (Å²) in [5.74, 6) is -0.0403. The van der Waals surface area contributed by atoms with E-state index in [0.717, 1.165) is 20.5 Å². The Morgan fingerprint density at radius 3 is 2.74 bits per heavy atom. The molecule has 0 atom stereocenters. The second-order valence-electron chi connectivity index (χ2n) is 4.46. The summed E-state index contributed by atoms with van der Waals surface area (Å²) in [6, 6.07) is 9.73. The van der Waals surface area contributed by atoms with E-state index < -0.39 is 0 Å². The molecule has 4 heteroatoms. The molecule has 1 aromatic heterocycles. The van der Waals surface area contributed by atoms with Gasteiger partial charge in [0.2, 0.25) is 5.91 Å². The van der Waals surface area contributed by atoms with E-state index in [1.807, 2.05) is 44.2 Å². The topological polar surface area (TPSA) is 42.0 Å². The SMILES string of the molecule is Cc1ccc(NC(=O)Cc2ncccc2C)cc1I. The first-order chi connectivity index (χ1) is 9.06. The van der Waals surface area contributed by atoms with Crippen molar-refractivity contribution in [1.82, 2.24) is 4.98 Å². The Morgan fingerprint density at radius 2 is 2.05 bits per heavy atom. The number of nitrogens with zero attached hydrogens (tertiary/aromatic N) is 1. The Kier molecular flexibility index (Phi) is 4.52. The molecule has 1 amide bonds. The molecule has 0 aliphatic rings. The van der Waals surface area contributed by atoms with Crippen LogP contribution in [0.3, 0.4) is 0 Å². The molecule has 19 heavy (non-hydrogen) atoms. The first-order valence-corrected chi connectivity index (χ1v) is 7.10. The Bertz CT molecular complexity index is 611. The number of hydrogen-bond donors (Lipinski definition) is 1. The number of pyridine rings is 1. The third-order valence-corrected chi connectivity index (χ3v) is 4.06. The highest BCUT2D eigenvalue weighted by Crippen LogP contribution is 2.17. The summed E-state index contributed by atoms with van der Waals surface area (Å²) in [6.07, 6.45) is 2.02. The van der Waals surface area contributed by atoms with E-state index in [9.17, 15) is 4.79 Å². The van der Waals surface area contributed by atoms with Crippen LogP contribution in [0.1, 0.15) is 16.8 Å². The van der Waals surface area contributed by atoms with Crippen LogP contribution in [0.2, 0.25) is 0 Å². The summed E-state index contributed by atoms with van der Waals surface area (Å²) in [7, 11) is 0. The quantitative estimate of drug-likeness (QED) is 0.846. The summed E-state index contributed by atoms with van der Waals surface area (Å²) in [6.45, 7) is 4.01. The van der Waals surface area contributed by atoms with Crippen molar-refractivity contribution in [3.63, 3.8) is 0 Å². The molecular formula is C15H15IN2O. The molecule has 0 bridgehead atoms. The lowest BCUT2D eigenvalue weighted by Gasteiger charge is -2.08. The molecule has 1 heterocycles. The zero-order chi connectivity index (χ0) is 13.8. The van der Waals surface area contributed by atoms with Gasteiger partial charge in [-0.25, -0.2) is 0 Å². The average molecular weight is 366 g/mol. The molecule has 0 radical (unpaired) electrons. The lowest BCUT2D eigenvalue weighted by Crippen LogP contribution is -2.16. The van der Waals surface area contributed by atoms with Crippen LogP contribution in [0.5, 0.6) is 0 Å². The molecule has 0 fully saturated rings. The van der Waals surface area contributed by atoms with Crippen molar-refractivity contribution >= 4 is 34.2 Å². The standard InChI is InChI=1S/C15H15IN2O/c1-10-5-6-12(8-13(10)16)18-15(19)9-14-11(2)4-3-7-17-14/h3-8H,9H2,1-2H3,(H,18,19). The van der Waals surface area contributed by atoms with Crippen LogP contribution in [0.15, 0.2) is 36.5 Å². The van der Waals surface area contributed by atoms with Crippen molar-refractivity contribution in [2.75, 3.05) is 5.32 Å². The fourth-order valence-corrected chi connectivity index (χ4v) is 2.25. The molecule has 2 aromatic rings. The van der Waals surface area contributed by atoms with Crippen molar-refractivity contribution in [1.29, 1.82) is 0 Å². The summed E-state index contributed by atoms with van der Waals surface area (Å²) >= 11 is 2.26. The zero-order valence-electron chi connectivity index (χ0n) is 10.9. The monoisotopic (exact) mass is 366 g/mol. The number of nitrogens with one attached hydrogen (secondary N) is 1. The molecule has 1 N–H and O–H groups in total. The third kappa shape index (κ3) is 3.76. The second-order valence-corrected chi connectivity index (χ2v) is 5.62. The van der Waals surface area contributed by atoms with Gasteiger partial charge in [-0.1, -0.05) is 12.1 Å². The number of aryl methyl sites for hydroxylation is 2. The number of anilines is 1. The zero-order valence-corrected chi connectivity index (χ0v) is 13.1.